The lowest BCUT2D eigenvalue weighted by Gasteiger charge is -2.02. The van der Waals surface area contributed by atoms with Crippen molar-refractivity contribution < 1.29 is 4.79 Å². The van der Waals surface area contributed by atoms with Gasteiger partial charge in [0.05, 0.1) is 0 Å². The lowest BCUT2D eigenvalue weighted by molar-refractivity contribution is -0.117. The molecular formula is C5H6BrN3O. The van der Waals surface area contributed by atoms with Crippen LogP contribution >= 0.6 is 15.9 Å². The quantitative estimate of drug-likeness (QED) is 0.668. The van der Waals surface area contributed by atoms with Crippen LogP contribution in [0.5, 0.6) is 0 Å². The fraction of sp³-hybridized carbons (Fsp3) is 0.400. The van der Waals surface area contributed by atoms with E-state index in [2.05, 4.69) is 26.0 Å². The van der Waals surface area contributed by atoms with E-state index in [1.54, 1.807) is 0 Å². The Hall–Kier alpha value is -0.710. The summed E-state index contributed by atoms with van der Waals surface area (Å²) in [5.74, 6) is 0.00509. The molecule has 1 heterocycles. The Morgan fingerprint density at radius 2 is 2.50 bits per heavy atom. The van der Waals surface area contributed by atoms with Crippen LogP contribution in [0.4, 0.5) is 0 Å². The molecule has 0 N–H and O–H groups in total. The van der Waals surface area contributed by atoms with Crippen molar-refractivity contribution in [3.05, 3.63) is 12.7 Å². The molecule has 0 saturated carbocycles. The Labute approximate surface area is 66.4 Å². The summed E-state index contributed by atoms with van der Waals surface area (Å²) in [7, 11) is 0. The molecule has 4 nitrogen and oxygen atoms in total. The van der Waals surface area contributed by atoms with Crippen LogP contribution in [0.15, 0.2) is 12.7 Å². The van der Waals surface area contributed by atoms with Crippen molar-refractivity contribution >= 4 is 21.7 Å². The molecule has 0 radical (unpaired) electrons. The molecule has 0 aliphatic heterocycles. The first-order valence-corrected chi connectivity index (χ1v) is 3.62. The van der Waals surface area contributed by atoms with E-state index in [0.29, 0.717) is 0 Å². The second kappa shape index (κ2) is 2.92. The number of hydrogen-bond donors (Lipinski definition) is 0. The Balaban J connectivity index is 2.77. The Morgan fingerprint density at radius 1 is 1.80 bits per heavy atom. The maximum absolute atomic E-state index is 10.7. The monoisotopic (exact) mass is 203 g/mol. The fourth-order valence-corrected chi connectivity index (χ4v) is 0.732. The van der Waals surface area contributed by atoms with Gasteiger partial charge >= 0.3 is 0 Å². The summed E-state index contributed by atoms with van der Waals surface area (Å²) in [5.41, 5.74) is 0. The van der Waals surface area contributed by atoms with E-state index in [1.807, 2.05) is 0 Å². The molecule has 0 amide bonds. The summed E-state index contributed by atoms with van der Waals surface area (Å²) >= 11 is 3.14. The third-order valence-electron chi connectivity index (χ3n) is 1.00. The maximum Gasteiger partial charge on any atom is 0.166 e. The van der Waals surface area contributed by atoms with Crippen molar-refractivity contribution in [2.75, 3.05) is 0 Å². The van der Waals surface area contributed by atoms with E-state index in [4.69, 9.17) is 0 Å². The van der Waals surface area contributed by atoms with E-state index < -0.39 is 0 Å². The van der Waals surface area contributed by atoms with Crippen LogP contribution in [0.3, 0.4) is 0 Å². The van der Waals surface area contributed by atoms with E-state index >= 15 is 0 Å². The summed E-state index contributed by atoms with van der Waals surface area (Å²) in [6.45, 7) is 1.49. The van der Waals surface area contributed by atoms with Gasteiger partial charge in [0.2, 0.25) is 0 Å². The molecule has 5 heteroatoms. The van der Waals surface area contributed by atoms with Gasteiger partial charge in [-0.3, -0.25) is 4.79 Å². The molecule has 1 rings (SSSR count). The SMILES string of the molecule is CC(=O)C(Br)n1cncn1. The van der Waals surface area contributed by atoms with Gasteiger partial charge in [-0.15, -0.1) is 0 Å². The number of halogens is 1. The first kappa shape index (κ1) is 7.40. The minimum atomic E-state index is -0.380. The van der Waals surface area contributed by atoms with Crippen molar-refractivity contribution in [1.29, 1.82) is 0 Å². The zero-order chi connectivity index (χ0) is 7.56. The lowest BCUT2D eigenvalue weighted by atomic mass is 10.4. The molecule has 1 aromatic rings. The third kappa shape index (κ3) is 1.41. The van der Waals surface area contributed by atoms with Gasteiger partial charge in [-0.2, -0.15) is 5.10 Å². The van der Waals surface area contributed by atoms with Crippen LogP contribution in [0.2, 0.25) is 0 Å². The first-order chi connectivity index (χ1) is 4.72. The van der Waals surface area contributed by atoms with Gasteiger partial charge in [-0.25, -0.2) is 9.67 Å². The molecule has 1 aromatic heterocycles. The van der Waals surface area contributed by atoms with Crippen molar-refractivity contribution in [3.63, 3.8) is 0 Å². The zero-order valence-corrected chi connectivity index (χ0v) is 6.95. The summed E-state index contributed by atoms with van der Waals surface area (Å²) in [4.78, 5) is 14.0. The molecule has 0 aliphatic rings. The van der Waals surface area contributed by atoms with Crippen LogP contribution in [0.1, 0.15) is 11.9 Å². The number of carbonyl (C=O) groups excluding carboxylic acids is 1. The van der Waals surface area contributed by atoms with Crippen LogP contribution in [-0.4, -0.2) is 20.5 Å². The van der Waals surface area contributed by atoms with Crippen molar-refractivity contribution in [2.45, 2.75) is 11.9 Å². The molecule has 0 aromatic carbocycles. The number of ketones is 1. The average Bonchev–Trinajstić information content (AvgIpc) is 2.36. The van der Waals surface area contributed by atoms with Crippen molar-refractivity contribution in [1.82, 2.24) is 14.8 Å². The van der Waals surface area contributed by atoms with Gasteiger partial charge < -0.3 is 0 Å². The van der Waals surface area contributed by atoms with Crippen LogP contribution in [0, 0.1) is 0 Å². The molecule has 0 bridgehead atoms. The molecule has 0 aliphatic carbocycles. The summed E-state index contributed by atoms with van der Waals surface area (Å²) in [6.07, 6.45) is 2.87. The number of Topliss-reactive ketones (excluding diaryl/α,β-unsaturated/α-hetero) is 1. The van der Waals surface area contributed by atoms with Gasteiger partial charge in [0.25, 0.3) is 0 Å². The highest BCUT2D eigenvalue weighted by Crippen LogP contribution is 2.12. The Kier molecular flexibility index (Phi) is 2.16. The topological polar surface area (TPSA) is 47.8 Å². The maximum atomic E-state index is 10.7. The molecular weight excluding hydrogens is 198 g/mol. The van der Waals surface area contributed by atoms with Crippen LogP contribution < -0.4 is 0 Å². The summed E-state index contributed by atoms with van der Waals surface area (Å²) in [6, 6.07) is 0. The van der Waals surface area contributed by atoms with Crippen LogP contribution in [-0.2, 0) is 4.79 Å². The molecule has 54 valence electrons. The van der Waals surface area contributed by atoms with Gasteiger partial charge in [-0.05, 0) is 6.92 Å². The standard InChI is InChI=1S/C5H6BrN3O/c1-4(10)5(6)9-3-7-2-8-9/h2-3,5H,1H3. The van der Waals surface area contributed by atoms with Crippen molar-refractivity contribution in [3.8, 4) is 0 Å². The lowest BCUT2D eigenvalue weighted by Crippen LogP contribution is -2.10. The predicted octanol–water partition coefficient (Wildman–Crippen LogP) is 0.761. The molecule has 1 unspecified atom stereocenters. The van der Waals surface area contributed by atoms with E-state index in [9.17, 15) is 4.79 Å². The molecule has 10 heavy (non-hydrogen) atoms. The largest absolute Gasteiger partial charge is 0.297 e. The average molecular weight is 204 g/mol. The number of rotatable bonds is 2. The second-order valence-corrected chi connectivity index (χ2v) is 2.69. The predicted molar refractivity (Wildman–Crippen MR) is 38.7 cm³/mol. The van der Waals surface area contributed by atoms with Gasteiger partial charge in [0.1, 0.15) is 12.7 Å². The fourth-order valence-electron chi connectivity index (χ4n) is 0.521. The van der Waals surface area contributed by atoms with E-state index in [-0.39, 0.29) is 10.7 Å². The highest BCUT2D eigenvalue weighted by atomic mass is 79.9. The highest BCUT2D eigenvalue weighted by molar-refractivity contribution is 9.09. The normalized spacial score (nSPS) is 13.0. The number of alkyl halides is 1. The zero-order valence-electron chi connectivity index (χ0n) is 5.36. The van der Waals surface area contributed by atoms with Crippen LogP contribution in [0.25, 0.3) is 0 Å². The number of carbonyl (C=O) groups is 1. The second-order valence-electron chi connectivity index (χ2n) is 1.82. The number of nitrogens with zero attached hydrogens (tertiary/aromatic N) is 3. The number of hydrogen-bond acceptors (Lipinski definition) is 3. The smallest absolute Gasteiger partial charge is 0.166 e. The van der Waals surface area contributed by atoms with Gasteiger partial charge in [0, 0.05) is 0 Å². The summed E-state index contributed by atoms with van der Waals surface area (Å²) < 4.78 is 1.45. The highest BCUT2D eigenvalue weighted by Gasteiger charge is 2.10. The third-order valence-corrected chi connectivity index (χ3v) is 2.07. The number of aromatic nitrogens is 3. The Morgan fingerprint density at radius 3 is 2.90 bits per heavy atom. The molecule has 0 fully saturated rings. The van der Waals surface area contributed by atoms with E-state index in [1.165, 1.54) is 24.3 Å². The first-order valence-electron chi connectivity index (χ1n) is 2.70. The Bertz CT molecular complexity index is 221. The summed E-state index contributed by atoms with van der Waals surface area (Å²) in [5, 5.41) is 3.78. The minimum absolute atomic E-state index is 0.00509. The molecule has 1 atom stereocenters. The van der Waals surface area contributed by atoms with Gasteiger partial charge in [-0.1, -0.05) is 15.9 Å². The van der Waals surface area contributed by atoms with E-state index in [0.717, 1.165) is 0 Å². The van der Waals surface area contributed by atoms with Crippen molar-refractivity contribution in [2.24, 2.45) is 0 Å². The molecule has 0 spiro atoms. The molecule has 0 saturated heterocycles. The minimum Gasteiger partial charge on any atom is -0.297 e. The van der Waals surface area contributed by atoms with Gasteiger partial charge in [0.15, 0.2) is 10.7 Å².